The second kappa shape index (κ2) is 12.1. The molecule has 4 aromatic rings. The van der Waals surface area contributed by atoms with Crippen molar-refractivity contribution < 1.29 is 19.1 Å². The number of methoxy groups -OCH3 is 2. The molecule has 182 valence electrons. The molecule has 2 amide bonds. The first-order valence-corrected chi connectivity index (χ1v) is 12.9. The van der Waals surface area contributed by atoms with Crippen LogP contribution in [0.15, 0.2) is 95.2 Å². The molecular weight excluding hydrogens is 496 g/mol. The van der Waals surface area contributed by atoms with Crippen LogP contribution in [0.2, 0.25) is 0 Å². The molecule has 0 bridgehead atoms. The van der Waals surface area contributed by atoms with Crippen LogP contribution in [0.4, 0.5) is 11.4 Å². The molecule has 0 aliphatic heterocycles. The molecule has 2 N–H and O–H groups in total. The highest BCUT2D eigenvalue weighted by atomic mass is 33.1. The highest BCUT2D eigenvalue weighted by Crippen LogP contribution is 2.38. The van der Waals surface area contributed by atoms with Crippen LogP contribution in [-0.2, 0) is 0 Å². The monoisotopic (exact) mass is 518 g/mol. The molecular formula is C26H22N4O4S2. The fourth-order valence-corrected chi connectivity index (χ4v) is 5.22. The Labute approximate surface area is 216 Å². The molecule has 0 unspecified atom stereocenters. The standard InChI is InChI=1S/C26H22N4O4S2/c1-33-19-11-7-17(8-12-19)29-23(31)21-5-3-15-27-25(21)35-36-26-22(6-4-16-28-26)24(32)30-18-9-13-20(34-2)14-10-18/h3-16H,1-2H3,(H,29,31)(H,30,32). The van der Waals surface area contributed by atoms with Crippen molar-refractivity contribution in [3.63, 3.8) is 0 Å². The number of benzene rings is 2. The van der Waals surface area contributed by atoms with E-state index in [0.29, 0.717) is 44.1 Å². The number of anilines is 2. The van der Waals surface area contributed by atoms with E-state index in [1.54, 1.807) is 99.4 Å². The van der Waals surface area contributed by atoms with Gasteiger partial charge in [0.15, 0.2) is 0 Å². The molecule has 10 heteroatoms. The predicted molar refractivity (Wildman–Crippen MR) is 142 cm³/mol. The maximum Gasteiger partial charge on any atom is 0.258 e. The van der Waals surface area contributed by atoms with Crippen LogP contribution in [0.3, 0.4) is 0 Å². The minimum absolute atomic E-state index is 0.296. The molecule has 0 aliphatic rings. The van der Waals surface area contributed by atoms with Crippen molar-refractivity contribution in [2.45, 2.75) is 10.1 Å². The summed E-state index contributed by atoms with van der Waals surface area (Å²) in [6.45, 7) is 0. The molecule has 4 rings (SSSR count). The molecule has 0 aliphatic carbocycles. The van der Waals surface area contributed by atoms with E-state index in [2.05, 4.69) is 20.6 Å². The number of pyridine rings is 2. The van der Waals surface area contributed by atoms with Crippen LogP contribution in [0.1, 0.15) is 20.7 Å². The lowest BCUT2D eigenvalue weighted by Crippen LogP contribution is -2.14. The maximum atomic E-state index is 12.9. The number of carbonyl (C=O) groups is 2. The molecule has 0 spiro atoms. The van der Waals surface area contributed by atoms with Crippen LogP contribution in [0, 0.1) is 0 Å². The molecule has 2 heterocycles. The van der Waals surface area contributed by atoms with E-state index in [9.17, 15) is 9.59 Å². The molecule has 0 radical (unpaired) electrons. The van der Waals surface area contributed by atoms with E-state index in [1.165, 1.54) is 21.6 Å². The summed E-state index contributed by atoms with van der Waals surface area (Å²) in [6.07, 6.45) is 3.23. The van der Waals surface area contributed by atoms with Gasteiger partial charge in [-0.2, -0.15) is 0 Å². The number of rotatable bonds is 9. The number of aromatic nitrogens is 2. The van der Waals surface area contributed by atoms with Gasteiger partial charge in [0.2, 0.25) is 0 Å². The Hall–Kier alpha value is -4.02. The summed E-state index contributed by atoms with van der Waals surface area (Å²) in [4.78, 5) is 34.6. The number of hydrogen-bond donors (Lipinski definition) is 2. The average Bonchev–Trinajstić information content (AvgIpc) is 2.93. The average molecular weight is 519 g/mol. The fraction of sp³-hybridized carbons (Fsp3) is 0.0769. The Morgan fingerprint density at radius 1 is 0.639 bits per heavy atom. The maximum absolute atomic E-state index is 12.9. The number of hydrogen-bond acceptors (Lipinski definition) is 8. The van der Waals surface area contributed by atoms with E-state index < -0.39 is 0 Å². The second-order valence-corrected chi connectivity index (χ2v) is 9.35. The Kier molecular flexibility index (Phi) is 8.43. The molecule has 0 fully saturated rings. The largest absolute Gasteiger partial charge is 0.497 e. The molecule has 0 saturated carbocycles. The van der Waals surface area contributed by atoms with Gasteiger partial charge < -0.3 is 20.1 Å². The van der Waals surface area contributed by atoms with Gasteiger partial charge >= 0.3 is 0 Å². The van der Waals surface area contributed by atoms with E-state index >= 15 is 0 Å². The van der Waals surface area contributed by atoms with Crippen molar-refractivity contribution in [1.82, 2.24) is 9.97 Å². The van der Waals surface area contributed by atoms with Crippen LogP contribution >= 0.6 is 21.6 Å². The van der Waals surface area contributed by atoms with Crippen LogP contribution < -0.4 is 20.1 Å². The van der Waals surface area contributed by atoms with Crippen molar-refractivity contribution in [3.8, 4) is 11.5 Å². The highest BCUT2D eigenvalue weighted by Gasteiger charge is 2.17. The summed E-state index contributed by atoms with van der Waals surface area (Å²) in [5, 5.41) is 6.74. The third-order valence-corrected chi connectivity index (χ3v) is 7.17. The number of ether oxygens (including phenoxy) is 2. The second-order valence-electron chi connectivity index (χ2n) is 7.24. The summed E-state index contributed by atoms with van der Waals surface area (Å²) in [7, 11) is 5.67. The molecule has 0 saturated heterocycles. The molecule has 8 nitrogen and oxygen atoms in total. The Bertz CT molecular complexity index is 1240. The predicted octanol–water partition coefficient (Wildman–Crippen LogP) is 5.80. The summed E-state index contributed by atoms with van der Waals surface area (Å²) < 4.78 is 10.3. The summed E-state index contributed by atoms with van der Waals surface area (Å²) >= 11 is 0. The van der Waals surface area contributed by atoms with Gasteiger partial charge in [-0.05, 0) is 94.4 Å². The SMILES string of the molecule is COc1ccc(NC(=O)c2cccnc2SSc2ncccc2C(=O)Nc2ccc(OC)cc2)cc1. The lowest BCUT2D eigenvalue weighted by atomic mass is 10.2. The molecule has 2 aromatic heterocycles. The lowest BCUT2D eigenvalue weighted by molar-refractivity contribution is 0.101. The van der Waals surface area contributed by atoms with Crippen LogP contribution in [-0.4, -0.2) is 36.0 Å². The molecule has 0 atom stereocenters. The quantitative estimate of drug-likeness (QED) is 0.268. The van der Waals surface area contributed by atoms with Gasteiger partial charge in [0.25, 0.3) is 11.8 Å². The van der Waals surface area contributed by atoms with Gasteiger partial charge in [0.1, 0.15) is 21.6 Å². The first-order chi connectivity index (χ1) is 17.6. The fourth-order valence-electron chi connectivity index (χ4n) is 3.08. The van der Waals surface area contributed by atoms with Crippen molar-refractivity contribution in [3.05, 3.63) is 96.3 Å². The zero-order chi connectivity index (χ0) is 25.3. The zero-order valence-electron chi connectivity index (χ0n) is 19.4. The third kappa shape index (κ3) is 6.35. The van der Waals surface area contributed by atoms with Gasteiger partial charge in [-0.1, -0.05) is 0 Å². The Morgan fingerprint density at radius 2 is 1.03 bits per heavy atom. The smallest absolute Gasteiger partial charge is 0.258 e. The van der Waals surface area contributed by atoms with Crippen LogP contribution in [0.5, 0.6) is 11.5 Å². The first kappa shape index (κ1) is 25.1. The summed E-state index contributed by atoms with van der Waals surface area (Å²) in [5.74, 6) is 0.804. The van der Waals surface area contributed by atoms with Gasteiger partial charge in [-0.3, -0.25) is 9.59 Å². The lowest BCUT2D eigenvalue weighted by Gasteiger charge is -2.11. The number of amides is 2. The van der Waals surface area contributed by atoms with Crippen molar-refractivity contribution in [2.24, 2.45) is 0 Å². The van der Waals surface area contributed by atoms with Crippen LogP contribution in [0.25, 0.3) is 0 Å². The normalized spacial score (nSPS) is 10.4. The summed E-state index contributed by atoms with van der Waals surface area (Å²) in [5.41, 5.74) is 2.09. The van der Waals surface area contributed by atoms with E-state index in [0.717, 1.165) is 0 Å². The number of carbonyl (C=O) groups excluding carboxylic acids is 2. The van der Waals surface area contributed by atoms with Gasteiger partial charge in [-0.25, -0.2) is 9.97 Å². The van der Waals surface area contributed by atoms with Crippen molar-refractivity contribution in [1.29, 1.82) is 0 Å². The highest BCUT2D eigenvalue weighted by molar-refractivity contribution is 8.76. The first-order valence-electron chi connectivity index (χ1n) is 10.7. The zero-order valence-corrected chi connectivity index (χ0v) is 21.1. The van der Waals surface area contributed by atoms with Gasteiger partial charge in [-0.15, -0.1) is 0 Å². The van der Waals surface area contributed by atoms with Gasteiger partial charge in [0, 0.05) is 23.8 Å². The minimum atomic E-state index is -0.296. The third-order valence-electron chi connectivity index (χ3n) is 4.93. The van der Waals surface area contributed by atoms with Crippen molar-refractivity contribution in [2.75, 3.05) is 24.9 Å². The van der Waals surface area contributed by atoms with Crippen molar-refractivity contribution >= 4 is 44.8 Å². The molecule has 36 heavy (non-hydrogen) atoms. The van der Waals surface area contributed by atoms with E-state index in [4.69, 9.17) is 9.47 Å². The van der Waals surface area contributed by atoms with E-state index in [-0.39, 0.29) is 11.8 Å². The number of nitrogens with zero attached hydrogens (tertiary/aromatic N) is 2. The molecule has 2 aromatic carbocycles. The number of nitrogens with one attached hydrogen (secondary N) is 2. The minimum Gasteiger partial charge on any atom is -0.497 e. The summed E-state index contributed by atoms with van der Waals surface area (Å²) in [6, 6.07) is 20.9. The van der Waals surface area contributed by atoms with E-state index in [1.807, 2.05) is 0 Å². The Morgan fingerprint density at radius 3 is 1.39 bits per heavy atom. The topological polar surface area (TPSA) is 102 Å². The van der Waals surface area contributed by atoms with Gasteiger partial charge in [0.05, 0.1) is 25.3 Å². The Balaban J connectivity index is 1.46.